The molecule has 13 nitrogen and oxygen atoms in total. The van der Waals surface area contributed by atoms with E-state index in [2.05, 4.69) is 10.6 Å². The molecule has 0 spiro atoms. The number of likely N-dealkylation sites (tertiary alicyclic amines) is 1. The molecule has 2 aromatic carbocycles. The van der Waals surface area contributed by atoms with Crippen LogP contribution in [-0.2, 0) is 36.8 Å². The van der Waals surface area contributed by atoms with Crippen molar-refractivity contribution < 1.29 is 44.4 Å². The number of nitrogens with two attached hydrogens (primary N) is 1. The molecule has 0 bridgehead atoms. The Kier molecular flexibility index (Phi) is 10.6. The summed E-state index contributed by atoms with van der Waals surface area (Å²) in [5, 5.41) is 42.9. The van der Waals surface area contributed by atoms with Gasteiger partial charge in [-0.1, -0.05) is 24.3 Å². The molecule has 0 saturated carbocycles. The number of aliphatic carboxylic acids is 2. The monoisotopic (exact) mass is 570 g/mol. The van der Waals surface area contributed by atoms with Crippen molar-refractivity contribution in [2.75, 3.05) is 6.54 Å². The van der Waals surface area contributed by atoms with Crippen LogP contribution in [0.25, 0.3) is 0 Å². The van der Waals surface area contributed by atoms with E-state index >= 15 is 0 Å². The van der Waals surface area contributed by atoms with E-state index in [1.165, 1.54) is 24.3 Å². The van der Waals surface area contributed by atoms with E-state index in [1.807, 2.05) is 0 Å². The Morgan fingerprint density at radius 1 is 0.829 bits per heavy atom. The predicted molar refractivity (Wildman–Crippen MR) is 145 cm³/mol. The molecule has 0 aromatic heterocycles. The van der Waals surface area contributed by atoms with E-state index in [1.54, 1.807) is 24.3 Å². The van der Waals surface area contributed by atoms with Crippen LogP contribution in [0, 0.1) is 0 Å². The molecule has 220 valence electrons. The number of rotatable bonds is 13. The fourth-order valence-electron chi connectivity index (χ4n) is 4.62. The Hall–Kier alpha value is -4.65. The highest BCUT2D eigenvalue weighted by atomic mass is 16.4. The van der Waals surface area contributed by atoms with Crippen LogP contribution in [-0.4, -0.2) is 85.7 Å². The minimum Gasteiger partial charge on any atom is -0.508 e. The van der Waals surface area contributed by atoms with Gasteiger partial charge in [-0.15, -0.1) is 0 Å². The van der Waals surface area contributed by atoms with Crippen LogP contribution < -0.4 is 16.4 Å². The summed E-state index contributed by atoms with van der Waals surface area (Å²) in [5.41, 5.74) is 7.32. The summed E-state index contributed by atoms with van der Waals surface area (Å²) in [6.45, 7) is 0.148. The van der Waals surface area contributed by atoms with Crippen LogP contribution in [0.1, 0.15) is 36.8 Å². The third-order valence-corrected chi connectivity index (χ3v) is 6.82. The maximum Gasteiger partial charge on any atom is 0.326 e. The fraction of sp³-hybridized carbons (Fsp3) is 0.393. The zero-order valence-electron chi connectivity index (χ0n) is 22.2. The van der Waals surface area contributed by atoms with Gasteiger partial charge in [-0.2, -0.15) is 0 Å². The Morgan fingerprint density at radius 3 is 1.90 bits per heavy atom. The van der Waals surface area contributed by atoms with Crippen molar-refractivity contribution in [2.45, 2.75) is 62.7 Å². The molecular formula is C28H34N4O9. The lowest BCUT2D eigenvalue weighted by Crippen LogP contribution is -2.57. The SMILES string of the molecule is NC(Cc1ccc(O)cc1)C(=O)NC(Cc1ccc(O)cc1)C(=O)NC(CCC(=O)O)C(=O)N1CCCC1C(=O)O. The average Bonchev–Trinajstić information content (AvgIpc) is 3.43. The first-order valence-corrected chi connectivity index (χ1v) is 13.1. The summed E-state index contributed by atoms with van der Waals surface area (Å²) in [7, 11) is 0. The summed E-state index contributed by atoms with van der Waals surface area (Å²) in [6.07, 6.45) is -0.0202. The molecule has 3 amide bonds. The first-order chi connectivity index (χ1) is 19.4. The smallest absolute Gasteiger partial charge is 0.326 e. The molecule has 8 N–H and O–H groups in total. The van der Waals surface area contributed by atoms with Gasteiger partial charge in [0.2, 0.25) is 17.7 Å². The third-order valence-electron chi connectivity index (χ3n) is 6.82. The van der Waals surface area contributed by atoms with Gasteiger partial charge in [-0.25, -0.2) is 4.79 Å². The quantitative estimate of drug-likeness (QED) is 0.172. The minimum absolute atomic E-state index is 0.00682. The second-order valence-corrected chi connectivity index (χ2v) is 9.93. The summed E-state index contributed by atoms with van der Waals surface area (Å²) in [4.78, 5) is 63.8. The summed E-state index contributed by atoms with van der Waals surface area (Å²) in [6, 6.07) is 7.26. The van der Waals surface area contributed by atoms with E-state index < -0.39 is 60.2 Å². The number of phenolic OH excluding ortho intramolecular Hbond substituents is 2. The highest BCUT2D eigenvalue weighted by Crippen LogP contribution is 2.20. The fourth-order valence-corrected chi connectivity index (χ4v) is 4.62. The van der Waals surface area contributed by atoms with Gasteiger partial charge in [0.05, 0.1) is 6.04 Å². The lowest BCUT2D eigenvalue weighted by atomic mass is 10.0. The Labute approximate surface area is 236 Å². The van der Waals surface area contributed by atoms with E-state index in [0.717, 1.165) is 4.90 Å². The van der Waals surface area contributed by atoms with E-state index in [-0.39, 0.29) is 43.7 Å². The van der Waals surface area contributed by atoms with Crippen molar-refractivity contribution in [3.63, 3.8) is 0 Å². The van der Waals surface area contributed by atoms with E-state index in [4.69, 9.17) is 5.73 Å². The van der Waals surface area contributed by atoms with Crippen molar-refractivity contribution in [3.05, 3.63) is 59.7 Å². The molecule has 4 unspecified atom stereocenters. The largest absolute Gasteiger partial charge is 0.508 e. The van der Waals surface area contributed by atoms with Crippen LogP contribution in [0.15, 0.2) is 48.5 Å². The predicted octanol–water partition coefficient (Wildman–Crippen LogP) is 0.120. The standard InChI is InChI=1S/C28H34N4O9/c29-20(14-16-3-7-18(33)8-4-16)25(37)31-22(15-17-5-9-19(34)10-6-17)26(38)30-21(11-12-24(35)36)27(39)32-13-1-2-23(32)28(40)41/h3-10,20-23,33-34H,1-2,11-15,29H2,(H,30,38)(H,31,37)(H,35,36)(H,40,41). The molecule has 1 aliphatic rings. The topological polar surface area (TPSA) is 220 Å². The number of carbonyl (C=O) groups excluding carboxylic acids is 3. The van der Waals surface area contributed by atoms with Crippen molar-refractivity contribution in [3.8, 4) is 11.5 Å². The Morgan fingerprint density at radius 2 is 1.37 bits per heavy atom. The van der Waals surface area contributed by atoms with Gasteiger partial charge in [-0.05, 0) is 61.1 Å². The molecule has 0 radical (unpaired) electrons. The summed E-state index contributed by atoms with van der Waals surface area (Å²) in [5.74, 6) is -4.54. The average molecular weight is 571 g/mol. The lowest BCUT2D eigenvalue weighted by Gasteiger charge is -2.29. The number of amides is 3. The van der Waals surface area contributed by atoms with Crippen molar-refractivity contribution in [2.24, 2.45) is 5.73 Å². The normalized spacial score (nSPS) is 16.8. The number of carboxylic acids is 2. The third kappa shape index (κ3) is 8.93. The number of carbonyl (C=O) groups is 5. The van der Waals surface area contributed by atoms with Gasteiger partial charge in [0.15, 0.2) is 0 Å². The van der Waals surface area contributed by atoms with Crippen molar-refractivity contribution in [1.29, 1.82) is 0 Å². The summed E-state index contributed by atoms with van der Waals surface area (Å²) >= 11 is 0. The highest BCUT2D eigenvalue weighted by Gasteiger charge is 2.38. The van der Waals surface area contributed by atoms with Gasteiger partial charge >= 0.3 is 11.9 Å². The molecule has 4 atom stereocenters. The molecule has 13 heteroatoms. The molecule has 41 heavy (non-hydrogen) atoms. The highest BCUT2D eigenvalue weighted by molar-refractivity contribution is 5.94. The molecule has 1 heterocycles. The first kappa shape index (κ1) is 30.9. The number of nitrogens with zero attached hydrogens (tertiary/aromatic N) is 1. The van der Waals surface area contributed by atoms with E-state index in [0.29, 0.717) is 17.5 Å². The number of carboxylic acid groups (broad SMARTS) is 2. The number of phenols is 2. The first-order valence-electron chi connectivity index (χ1n) is 13.1. The molecule has 0 aliphatic carbocycles. The number of hydrogen-bond acceptors (Lipinski definition) is 8. The zero-order chi connectivity index (χ0) is 30.1. The van der Waals surface area contributed by atoms with Crippen LogP contribution in [0.5, 0.6) is 11.5 Å². The second kappa shape index (κ2) is 14.1. The van der Waals surface area contributed by atoms with Gasteiger partial charge in [0.1, 0.15) is 29.6 Å². The van der Waals surface area contributed by atoms with Crippen LogP contribution in [0.4, 0.5) is 0 Å². The van der Waals surface area contributed by atoms with Gasteiger partial charge < -0.3 is 41.7 Å². The van der Waals surface area contributed by atoms with Crippen LogP contribution in [0.2, 0.25) is 0 Å². The molecular weight excluding hydrogens is 536 g/mol. The molecule has 1 saturated heterocycles. The van der Waals surface area contributed by atoms with Gasteiger partial charge in [0.25, 0.3) is 0 Å². The van der Waals surface area contributed by atoms with Crippen LogP contribution in [0.3, 0.4) is 0 Å². The number of benzene rings is 2. The van der Waals surface area contributed by atoms with Crippen LogP contribution >= 0.6 is 0 Å². The number of hydrogen-bond donors (Lipinski definition) is 7. The Balaban J connectivity index is 1.80. The summed E-state index contributed by atoms with van der Waals surface area (Å²) < 4.78 is 0. The van der Waals surface area contributed by atoms with Crippen molar-refractivity contribution >= 4 is 29.7 Å². The lowest BCUT2D eigenvalue weighted by molar-refractivity contribution is -0.150. The number of aromatic hydroxyl groups is 2. The van der Waals surface area contributed by atoms with Crippen molar-refractivity contribution in [1.82, 2.24) is 15.5 Å². The Bertz CT molecular complexity index is 1250. The molecule has 1 aliphatic heterocycles. The van der Waals surface area contributed by atoms with Gasteiger partial charge in [-0.3, -0.25) is 19.2 Å². The molecule has 1 fully saturated rings. The molecule has 2 aromatic rings. The maximum absolute atomic E-state index is 13.5. The number of nitrogens with one attached hydrogen (secondary N) is 2. The minimum atomic E-state index is -1.34. The van der Waals surface area contributed by atoms with E-state index in [9.17, 15) is 44.4 Å². The molecule has 3 rings (SSSR count). The van der Waals surface area contributed by atoms with Gasteiger partial charge in [0, 0.05) is 19.4 Å². The zero-order valence-corrected chi connectivity index (χ0v) is 22.2. The maximum atomic E-state index is 13.5. The second-order valence-electron chi connectivity index (χ2n) is 9.93.